The summed E-state index contributed by atoms with van der Waals surface area (Å²) in [5.41, 5.74) is 2.76. The SMILES string of the molecule is COC(=O)c1conc1-c1ccccc1C. The first kappa shape index (κ1) is 10.4. The molecule has 1 aromatic heterocycles. The quantitative estimate of drug-likeness (QED) is 0.725. The number of benzene rings is 1. The van der Waals surface area contributed by atoms with Gasteiger partial charge >= 0.3 is 5.97 Å². The minimum absolute atomic E-state index is 0.344. The minimum atomic E-state index is -0.445. The molecular weight excluding hydrogens is 206 g/mol. The zero-order chi connectivity index (χ0) is 11.5. The van der Waals surface area contributed by atoms with Crippen molar-refractivity contribution in [2.24, 2.45) is 0 Å². The molecule has 2 aromatic rings. The predicted molar refractivity (Wildman–Crippen MR) is 58.0 cm³/mol. The lowest BCUT2D eigenvalue weighted by molar-refractivity contribution is 0.0600. The summed E-state index contributed by atoms with van der Waals surface area (Å²) in [4.78, 5) is 11.5. The number of ether oxygens (including phenoxy) is 1. The lowest BCUT2D eigenvalue weighted by Crippen LogP contribution is -2.01. The highest BCUT2D eigenvalue weighted by atomic mass is 16.5. The Balaban J connectivity index is 2.53. The number of aryl methyl sites for hydroxylation is 1. The van der Waals surface area contributed by atoms with Crippen LogP contribution in [-0.2, 0) is 4.74 Å². The molecule has 0 N–H and O–H groups in total. The Labute approximate surface area is 92.8 Å². The van der Waals surface area contributed by atoms with Crippen LogP contribution in [0.5, 0.6) is 0 Å². The molecule has 0 amide bonds. The van der Waals surface area contributed by atoms with E-state index in [1.165, 1.54) is 13.4 Å². The van der Waals surface area contributed by atoms with Gasteiger partial charge in [-0.15, -0.1) is 0 Å². The van der Waals surface area contributed by atoms with Gasteiger partial charge in [0.2, 0.25) is 0 Å². The Morgan fingerprint density at radius 3 is 2.81 bits per heavy atom. The number of hydrogen-bond acceptors (Lipinski definition) is 4. The molecule has 0 unspecified atom stereocenters. The standard InChI is InChI=1S/C12H11NO3/c1-8-5-3-4-6-9(8)11-10(7-16-13-11)12(14)15-2/h3-7H,1-2H3. The first-order chi connectivity index (χ1) is 7.74. The van der Waals surface area contributed by atoms with Gasteiger partial charge < -0.3 is 9.26 Å². The number of rotatable bonds is 2. The Hall–Kier alpha value is -2.10. The van der Waals surface area contributed by atoms with Crippen LogP contribution in [0.25, 0.3) is 11.3 Å². The van der Waals surface area contributed by atoms with Crippen LogP contribution in [0.2, 0.25) is 0 Å². The molecule has 1 aromatic carbocycles. The van der Waals surface area contributed by atoms with Gasteiger partial charge in [-0.25, -0.2) is 4.79 Å². The zero-order valence-corrected chi connectivity index (χ0v) is 9.06. The summed E-state index contributed by atoms with van der Waals surface area (Å²) < 4.78 is 9.48. The molecule has 4 heteroatoms. The van der Waals surface area contributed by atoms with Crippen LogP contribution >= 0.6 is 0 Å². The number of esters is 1. The van der Waals surface area contributed by atoms with Crippen molar-refractivity contribution < 1.29 is 14.1 Å². The summed E-state index contributed by atoms with van der Waals surface area (Å²) in [5.74, 6) is -0.445. The molecule has 0 aliphatic rings. The van der Waals surface area contributed by atoms with Crippen LogP contribution in [0, 0.1) is 6.92 Å². The minimum Gasteiger partial charge on any atom is -0.465 e. The van der Waals surface area contributed by atoms with Gasteiger partial charge in [-0.3, -0.25) is 0 Å². The molecule has 0 fully saturated rings. The van der Waals surface area contributed by atoms with Gasteiger partial charge in [-0.1, -0.05) is 29.4 Å². The number of nitrogens with zero attached hydrogens (tertiary/aromatic N) is 1. The number of methoxy groups -OCH3 is 1. The van der Waals surface area contributed by atoms with E-state index in [2.05, 4.69) is 9.89 Å². The Kier molecular flexibility index (Phi) is 2.72. The number of carbonyl (C=O) groups is 1. The summed E-state index contributed by atoms with van der Waals surface area (Å²) in [7, 11) is 1.33. The fraction of sp³-hybridized carbons (Fsp3) is 0.167. The van der Waals surface area contributed by atoms with Crippen molar-refractivity contribution >= 4 is 5.97 Å². The topological polar surface area (TPSA) is 52.3 Å². The Morgan fingerprint density at radius 2 is 2.12 bits per heavy atom. The second-order valence-corrected chi connectivity index (χ2v) is 3.38. The van der Waals surface area contributed by atoms with Gasteiger partial charge in [0.15, 0.2) is 0 Å². The maximum Gasteiger partial charge on any atom is 0.343 e. The van der Waals surface area contributed by atoms with Crippen molar-refractivity contribution in [1.82, 2.24) is 5.16 Å². The van der Waals surface area contributed by atoms with E-state index in [0.29, 0.717) is 11.3 Å². The summed E-state index contributed by atoms with van der Waals surface area (Å²) in [6, 6.07) is 7.65. The molecule has 0 bridgehead atoms. The molecule has 0 aliphatic carbocycles. The van der Waals surface area contributed by atoms with Gasteiger partial charge in [0.1, 0.15) is 17.5 Å². The number of carbonyl (C=O) groups excluding carboxylic acids is 1. The monoisotopic (exact) mass is 217 g/mol. The molecule has 82 valence electrons. The third kappa shape index (κ3) is 1.69. The molecule has 0 radical (unpaired) electrons. The van der Waals surface area contributed by atoms with Crippen LogP contribution in [0.3, 0.4) is 0 Å². The van der Waals surface area contributed by atoms with E-state index in [1.807, 2.05) is 31.2 Å². The van der Waals surface area contributed by atoms with Crippen LogP contribution < -0.4 is 0 Å². The van der Waals surface area contributed by atoms with Gasteiger partial charge in [0.25, 0.3) is 0 Å². The first-order valence-corrected chi connectivity index (χ1v) is 4.82. The van der Waals surface area contributed by atoms with E-state index in [0.717, 1.165) is 11.1 Å². The number of aromatic nitrogens is 1. The Bertz CT molecular complexity index is 516. The fourth-order valence-electron chi connectivity index (χ4n) is 1.52. The summed E-state index contributed by atoms with van der Waals surface area (Å²) in [5, 5.41) is 3.84. The van der Waals surface area contributed by atoms with Crippen molar-refractivity contribution in [1.29, 1.82) is 0 Å². The van der Waals surface area contributed by atoms with Crippen molar-refractivity contribution in [2.75, 3.05) is 7.11 Å². The van der Waals surface area contributed by atoms with Crippen LogP contribution in [0.1, 0.15) is 15.9 Å². The zero-order valence-electron chi connectivity index (χ0n) is 9.06. The van der Waals surface area contributed by atoms with E-state index in [-0.39, 0.29) is 0 Å². The third-order valence-electron chi connectivity index (χ3n) is 2.38. The van der Waals surface area contributed by atoms with Crippen molar-refractivity contribution in [3.05, 3.63) is 41.7 Å². The molecule has 16 heavy (non-hydrogen) atoms. The number of hydrogen-bond donors (Lipinski definition) is 0. The molecule has 0 saturated heterocycles. The van der Waals surface area contributed by atoms with E-state index in [9.17, 15) is 4.79 Å². The van der Waals surface area contributed by atoms with Crippen LogP contribution in [0.4, 0.5) is 0 Å². The van der Waals surface area contributed by atoms with Gasteiger partial charge in [0.05, 0.1) is 7.11 Å². The molecule has 0 aliphatic heterocycles. The highest BCUT2D eigenvalue weighted by molar-refractivity contribution is 5.95. The molecule has 0 atom stereocenters. The van der Waals surface area contributed by atoms with Gasteiger partial charge in [-0.2, -0.15) is 0 Å². The average molecular weight is 217 g/mol. The maximum absolute atomic E-state index is 11.5. The Morgan fingerprint density at radius 1 is 1.38 bits per heavy atom. The third-order valence-corrected chi connectivity index (χ3v) is 2.38. The summed E-state index contributed by atoms with van der Waals surface area (Å²) in [6.45, 7) is 1.95. The highest BCUT2D eigenvalue weighted by Crippen LogP contribution is 2.25. The lowest BCUT2D eigenvalue weighted by atomic mass is 10.0. The first-order valence-electron chi connectivity index (χ1n) is 4.82. The smallest absolute Gasteiger partial charge is 0.343 e. The van der Waals surface area contributed by atoms with E-state index < -0.39 is 5.97 Å². The van der Waals surface area contributed by atoms with Gasteiger partial charge in [-0.05, 0) is 12.5 Å². The largest absolute Gasteiger partial charge is 0.465 e. The predicted octanol–water partition coefficient (Wildman–Crippen LogP) is 2.44. The molecular formula is C12H11NO3. The van der Waals surface area contributed by atoms with Gasteiger partial charge in [0, 0.05) is 5.56 Å². The fourth-order valence-corrected chi connectivity index (χ4v) is 1.52. The van der Waals surface area contributed by atoms with E-state index in [4.69, 9.17) is 4.52 Å². The maximum atomic E-state index is 11.5. The van der Waals surface area contributed by atoms with Crippen LogP contribution in [0.15, 0.2) is 35.1 Å². The molecule has 0 spiro atoms. The summed E-state index contributed by atoms with van der Waals surface area (Å²) in [6.07, 6.45) is 1.30. The lowest BCUT2D eigenvalue weighted by Gasteiger charge is -2.02. The second kappa shape index (κ2) is 4.18. The average Bonchev–Trinajstić information content (AvgIpc) is 2.77. The normalized spacial score (nSPS) is 10.1. The van der Waals surface area contributed by atoms with Crippen molar-refractivity contribution in [3.8, 4) is 11.3 Å². The van der Waals surface area contributed by atoms with Crippen LogP contribution in [-0.4, -0.2) is 18.2 Å². The summed E-state index contributed by atoms with van der Waals surface area (Å²) >= 11 is 0. The van der Waals surface area contributed by atoms with E-state index >= 15 is 0 Å². The second-order valence-electron chi connectivity index (χ2n) is 3.38. The van der Waals surface area contributed by atoms with E-state index in [1.54, 1.807) is 0 Å². The van der Waals surface area contributed by atoms with Crippen molar-refractivity contribution in [2.45, 2.75) is 6.92 Å². The highest BCUT2D eigenvalue weighted by Gasteiger charge is 2.18. The van der Waals surface area contributed by atoms with Crippen molar-refractivity contribution in [3.63, 3.8) is 0 Å². The molecule has 0 saturated carbocycles. The molecule has 4 nitrogen and oxygen atoms in total. The molecule has 2 rings (SSSR count). The molecule has 1 heterocycles.